The Morgan fingerprint density at radius 2 is 1.65 bits per heavy atom. The van der Waals surface area contributed by atoms with E-state index in [2.05, 4.69) is 0 Å². The van der Waals surface area contributed by atoms with Gasteiger partial charge in [-0.1, -0.05) is 56.3 Å². The maximum atomic E-state index is 13.7. The summed E-state index contributed by atoms with van der Waals surface area (Å²) >= 11 is 0. The van der Waals surface area contributed by atoms with Gasteiger partial charge in [0, 0.05) is 11.5 Å². The third kappa shape index (κ3) is 2.88. The monoisotopic (exact) mass is 275 g/mol. The van der Waals surface area contributed by atoms with Gasteiger partial charge in [0.2, 0.25) is 0 Å². The average Bonchev–Trinajstić information content (AvgIpc) is 2.44. The lowest BCUT2D eigenvalue weighted by Crippen LogP contribution is -2.42. The normalized spacial score (nSPS) is 13.2. The molecule has 0 fully saturated rings. The van der Waals surface area contributed by atoms with E-state index in [9.17, 15) is 8.78 Å². The molecule has 0 spiro atoms. The van der Waals surface area contributed by atoms with Gasteiger partial charge < -0.3 is 5.73 Å². The van der Waals surface area contributed by atoms with Gasteiger partial charge in [0.05, 0.1) is 0 Å². The lowest BCUT2D eigenvalue weighted by atomic mass is 9.76. The van der Waals surface area contributed by atoms with Gasteiger partial charge in [0.1, 0.15) is 0 Å². The van der Waals surface area contributed by atoms with Crippen LogP contribution in [0.4, 0.5) is 8.78 Å². The van der Waals surface area contributed by atoms with E-state index >= 15 is 0 Å². The molecule has 0 amide bonds. The van der Waals surface area contributed by atoms with Crippen molar-refractivity contribution >= 4 is 0 Å². The smallest absolute Gasteiger partial charge is 0.162 e. The molecule has 0 aliphatic heterocycles. The van der Waals surface area contributed by atoms with E-state index in [0.717, 1.165) is 11.6 Å². The molecule has 2 aromatic rings. The minimum absolute atomic E-state index is 0.297. The topological polar surface area (TPSA) is 26.0 Å². The highest BCUT2D eigenvalue weighted by Crippen LogP contribution is 2.28. The molecular formula is C17H19F2N. The van der Waals surface area contributed by atoms with Crippen LogP contribution in [0.25, 0.3) is 0 Å². The second kappa shape index (κ2) is 5.71. The lowest BCUT2D eigenvalue weighted by Gasteiger charge is -2.32. The van der Waals surface area contributed by atoms with Crippen molar-refractivity contribution in [1.82, 2.24) is 0 Å². The van der Waals surface area contributed by atoms with Crippen LogP contribution >= 0.6 is 0 Å². The van der Waals surface area contributed by atoms with Crippen molar-refractivity contribution in [2.75, 3.05) is 0 Å². The molecule has 3 heteroatoms. The van der Waals surface area contributed by atoms with Crippen LogP contribution in [0.15, 0.2) is 48.5 Å². The molecule has 20 heavy (non-hydrogen) atoms. The van der Waals surface area contributed by atoms with E-state index in [1.807, 2.05) is 44.2 Å². The summed E-state index contributed by atoms with van der Waals surface area (Å²) in [5.74, 6) is -1.63. The van der Waals surface area contributed by atoms with Crippen molar-refractivity contribution in [1.29, 1.82) is 0 Å². The van der Waals surface area contributed by atoms with Gasteiger partial charge in [-0.25, -0.2) is 8.78 Å². The number of hydrogen-bond acceptors (Lipinski definition) is 1. The van der Waals surface area contributed by atoms with Crippen molar-refractivity contribution in [2.45, 2.75) is 31.7 Å². The van der Waals surface area contributed by atoms with Crippen molar-refractivity contribution in [3.8, 4) is 0 Å². The summed E-state index contributed by atoms with van der Waals surface area (Å²) in [4.78, 5) is 0. The maximum Gasteiger partial charge on any atom is 0.162 e. The lowest BCUT2D eigenvalue weighted by molar-refractivity contribution is 0.398. The Morgan fingerprint density at radius 1 is 1.00 bits per heavy atom. The van der Waals surface area contributed by atoms with Gasteiger partial charge in [-0.2, -0.15) is 0 Å². The Bertz CT molecular complexity index is 579. The van der Waals surface area contributed by atoms with E-state index in [1.54, 1.807) is 6.07 Å². The summed E-state index contributed by atoms with van der Waals surface area (Å²) in [6.45, 7) is 4.04. The first-order valence-corrected chi connectivity index (χ1v) is 6.67. The highest BCUT2D eigenvalue weighted by molar-refractivity contribution is 5.28. The fraction of sp³-hybridized carbons (Fsp3) is 0.294. The first-order valence-electron chi connectivity index (χ1n) is 6.67. The largest absolute Gasteiger partial charge is 0.327 e. The molecule has 0 radical (unpaired) electrons. The number of benzene rings is 2. The number of rotatable bonds is 4. The van der Waals surface area contributed by atoms with Gasteiger partial charge in [-0.05, 0) is 23.6 Å². The van der Waals surface area contributed by atoms with Crippen LogP contribution in [0, 0.1) is 11.6 Å². The average molecular weight is 275 g/mol. The summed E-state index contributed by atoms with van der Waals surface area (Å²) in [7, 11) is 0. The molecule has 0 saturated carbocycles. The first-order chi connectivity index (χ1) is 9.43. The molecular weight excluding hydrogens is 256 g/mol. The van der Waals surface area contributed by atoms with E-state index in [0.29, 0.717) is 12.0 Å². The van der Waals surface area contributed by atoms with Crippen LogP contribution in [0.3, 0.4) is 0 Å². The zero-order chi connectivity index (χ0) is 14.8. The van der Waals surface area contributed by atoms with E-state index < -0.39 is 11.6 Å². The molecule has 0 aliphatic rings. The highest BCUT2D eigenvalue weighted by atomic mass is 19.2. The molecule has 0 saturated heterocycles. The first kappa shape index (κ1) is 14.7. The van der Waals surface area contributed by atoms with Crippen LogP contribution in [-0.2, 0) is 11.8 Å². The number of nitrogens with two attached hydrogens (primary N) is 1. The third-order valence-corrected chi connectivity index (χ3v) is 3.92. The summed E-state index contributed by atoms with van der Waals surface area (Å²) in [6, 6.07) is 13.8. The van der Waals surface area contributed by atoms with Gasteiger partial charge in [0.25, 0.3) is 0 Å². The predicted octanol–water partition coefficient (Wildman–Crippen LogP) is 3.81. The SMILES string of the molecule is CC(C)(c1ccccc1)C(N)Cc1cccc(F)c1F. The molecule has 0 bridgehead atoms. The Kier molecular flexibility index (Phi) is 4.19. The summed E-state index contributed by atoms with van der Waals surface area (Å²) in [5.41, 5.74) is 7.33. The van der Waals surface area contributed by atoms with Crippen LogP contribution in [0.2, 0.25) is 0 Å². The number of hydrogen-bond donors (Lipinski definition) is 1. The van der Waals surface area contributed by atoms with Crippen molar-refractivity contribution < 1.29 is 8.78 Å². The fourth-order valence-electron chi connectivity index (χ4n) is 2.28. The molecule has 0 heterocycles. The Hall–Kier alpha value is -1.74. The molecule has 0 aliphatic carbocycles. The standard InChI is InChI=1S/C17H19F2N/c1-17(2,13-8-4-3-5-9-13)15(20)11-12-7-6-10-14(18)16(12)19/h3-10,15H,11,20H2,1-2H3. The van der Waals surface area contributed by atoms with Crippen molar-refractivity contribution in [3.63, 3.8) is 0 Å². The third-order valence-electron chi connectivity index (χ3n) is 3.92. The van der Waals surface area contributed by atoms with Gasteiger partial charge >= 0.3 is 0 Å². The fourth-order valence-corrected chi connectivity index (χ4v) is 2.28. The molecule has 2 aromatic carbocycles. The molecule has 0 aromatic heterocycles. The minimum Gasteiger partial charge on any atom is -0.327 e. The molecule has 2 rings (SSSR count). The van der Waals surface area contributed by atoms with E-state index in [1.165, 1.54) is 6.07 Å². The van der Waals surface area contributed by atoms with Gasteiger partial charge in [-0.3, -0.25) is 0 Å². The van der Waals surface area contributed by atoms with Crippen LogP contribution in [-0.4, -0.2) is 6.04 Å². The van der Waals surface area contributed by atoms with E-state index in [4.69, 9.17) is 5.73 Å². The predicted molar refractivity (Wildman–Crippen MR) is 77.5 cm³/mol. The summed E-state index contributed by atoms with van der Waals surface area (Å²) in [5, 5.41) is 0. The quantitative estimate of drug-likeness (QED) is 0.902. The maximum absolute atomic E-state index is 13.7. The molecule has 1 atom stereocenters. The van der Waals surface area contributed by atoms with Crippen LogP contribution in [0.5, 0.6) is 0 Å². The summed E-state index contributed by atoms with van der Waals surface area (Å²) < 4.78 is 27.0. The molecule has 1 unspecified atom stereocenters. The van der Waals surface area contributed by atoms with Gasteiger partial charge in [0.15, 0.2) is 11.6 Å². The number of halogens is 2. The molecule has 2 N–H and O–H groups in total. The zero-order valence-corrected chi connectivity index (χ0v) is 11.7. The minimum atomic E-state index is -0.827. The van der Waals surface area contributed by atoms with Gasteiger partial charge in [-0.15, -0.1) is 0 Å². The second-order valence-corrected chi connectivity index (χ2v) is 5.61. The summed E-state index contributed by atoms with van der Waals surface area (Å²) in [6.07, 6.45) is 0.297. The van der Waals surface area contributed by atoms with Crippen LogP contribution in [0.1, 0.15) is 25.0 Å². The van der Waals surface area contributed by atoms with Crippen molar-refractivity contribution in [3.05, 3.63) is 71.3 Å². The Labute approximate surface area is 118 Å². The Morgan fingerprint density at radius 3 is 2.30 bits per heavy atom. The van der Waals surface area contributed by atoms with Crippen molar-refractivity contribution in [2.24, 2.45) is 5.73 Å². The second-order valence-electron chi connectivity index (χ2n) is 5.61. The van der Waals surface area contributed by atoms with E-state index in [-0.39, 0.29) is 11.5 Å². The molecule has 106 valence electrons. The Balaban J connectivity index is 2.23. The molecule has 1 nitrogen and oxygen atoms in total. The highest BCUT2D eigenvalue weighted by Gasteiger charge is 2.29. The van der Waals surface area contributed by atoms with Crippen LogP contribution < -0.4 is 5.73 Å². The zero-order valence-electron chi connectivity index (χ0n) is 11.7.